The molecule has 5 heteroatoms. The molecule has 0 radical (unpaired) electrons. The van der Waals surface area contributed by atoms with Gasteiger partial charge < -0.3 is 9.32 Å². The van der Waals surface area contributed by atoms with Gasteiger partial charge in [0.2, 0.25) is 5.91 Å². The largest absolute Gasteiger partial charge is 0.467 e. The van der Waals surface area contributed by atoms with E-state index >= 15 is 0 Å². The van der Waals surface area contributed by atoms with E-state index in [0.717, 1.165) is 11.3 Å². The molecule has 1 amide bonds. The second-order valence-electron chi connectivity index (χ2n) is 5.00. The topological polar surface area (TPSA) is 36.7 Å². The van der Waals surface area contributed by atoms with Crippen molar-refractivity contribution in [1.82, 2.24) is 9.80 Å². The van der Waals surface area contributed by atoms with Crippen molar-refractivity contribution in [2.45, 2.75) is 19.5 Å². The van der Waals surface area contributed by atoms with Gasteiger partial charge in [-0.15, -0.1) is 0 Å². The first-order chi connectivity index (χ1) is 10.2. The molecule has 2 aromatic rings. The van der Waals surface area contributed by atoms with Gasteiger partial charge in [-0.1, -0.05) is 30.3 Å². The molecular formula is C16H16N2O2S. The summed E-state index contributed by atoms with van der Waals surface area (Å²) in [7, 11) is 0. The molecule has 2 heterocycles. The van der Waals surface area contributed by atoms with E-state index in [1.165, 1.54) is 0 Å². The number of hydrogen-bond acceptors (Lipinski definition) is 3. The Morgan fingerprint density at radius 3 is 2.62 bits per heavy atom. The van der Waals surface area contributed by atoms with Gasteiger partial charge in [-0.05, 0) is 29.9 Å². The fourth-order valence-electron chi connectivity index (χ4n) is 2.40. The van der Waals surface area contributed by atoms with Gasteiger partial charge in [0.15, 0.2) is 5.11 Å². The first kappa shape index (κ1) is 13.8. The van der Waals surface area contributed by atoms with Crippen molar-refractivity contribution in [2.24, 2.45) is 0 Å². The number of benzene rings is 1. The molecule has 0 atom stereocenters. The second-order valence-corrected chi connectivity index (χ2v) is 5.36. The maximum Gasteiger partial charge on any atom is 0.230 e. The van der Waals surface area contributed by atoms with Crippen LogP contribution in [-0.4, -0.2) is 27.4 Å². The lowest BCUT2D eigenvalue weighted by atomic mass is 10.2. The van der Waals surface area contributed by atoms with Crippen LogP contribution in [0.2, 0.25) is 0 Å². The highest BCUT2D eigenvalue weighted by atomic mass is 32.1. The Morgan fingerprint density at radius 2 is 1.90 bits per heavy atom. The molecule has 1 aliphatic heterocycles. The zero-order valence-electron chi connectivity index (χ0n) is 11.6. The maximum atomic E-state index is 12.1. The minimum Gasteiger partial charge on any atom is -0.467 e. The predicted molar refractivity (Wildman–Crippen MR) is 83.3 cm³/mol. The summed E-state index contributed by atoms with van der Waals surface area (Å²) >= 11 is 5.49. The minimum atomic E-state index is 0.0829. The number of hydrogen-bond donors (Lipinski definition) is 0. The van der Waals surface area contributed by atoms with Gasteiger partial charge in [-0.3, -0.25) is 9.69 Å². The molecule has 0 aliphatic carbocycles. The third-order valence-corrected chi connectivity index (χ3v) is 3.99. The van der Waals surface area contributed by atoms with Crippen LogP contribution >= 0.6 is 12.2 Å². The number of carbonyl (C=O) groups excluding carboxylic acids is 1. The predicted octanol–water partition coefficient (Wildman–Crippen LogP) is 2.80. The van der Waals surface area contributed by atoms with Crippen LogP contribution in [0.25, 0.3) is 0 Å². The van der Waals surface area contributed by atoms with Crippen molar-refractivity contribution in [3.05, 3.63) is 60.1 Å². The van der Waals surface area contributed by atoms with E-state index in [-0.39, 0.29) is 5.91 Å². The molecule has 4 nitrogen and oxygen atoms in total. The Labute approximate surface area is 129 Å². The van der Waals surface area contributed by atoms with Crippen molar-refractivity contribution in [3.8, 4) is 0 Å². The van der Waals surface area contributed by atoms with E-state index in [0.29, 0.717) is 31.2 Å². The maximum absolute atomic E-state index is 12.1. The molecule has 0 unspecified atom stereocenters. The zero-order chi connectivity index (χ0) is 14.7. The van der Waals surface area contributed by atoms with Crippen molar-refractivity contribution in [2.75, 3.05) is 6.54 Å². The third kappa shape index (κ3) is 3.13. The van der Waals surface area contributed by atoms with Crippen LogP contribution in [0, 0.1) is 0 Å². The Balaban J connectivity index is 1.73. The van der Waals surface area contributed by atoms with E-state index in [1.807, 2.05) is 47.4 Å². The number of furan rings is 1. The summed E-state index contributed by atoms with van der Waals surface area (Å²) in [5.74, 6) is 0.936. The molecule has 21 heavy (non-hydrogen) atoms. The fraction of sp³-hybridized carbons (Fsp3) is 0.250. The molecule has 1 aliphatic rings. The van der Waals surface area contributed by atoms with E-state index in [4.69, 9.17) is 16.6 Å². The van der Waals surface area contributed by atoms with Crippen LogP contribution in [0.3, 0.4) is 0 Å². The lowest BCUT2D eigenvalue weighted by Gasteiger charge is -2.36. The smallest absolute Gasteiger partial charge is 0.230 e. The first-order valence-corrected chi connectivity index (χ1v) is 7.30. The Kier molecular flexibility index (Phi) is 4.01. The summed E-state index contributed by atoms with van der Waals surface area (Å²) < 4.78 is 5.36. The highest BCUT2D eigenvalue weighted by Crippen LogP contribution is 2.17. The van der Waals surface area contributed by atoms with E-state index in [9.17, 15) is 4.79 Å². The minimum absolute atomic E-state index is 0.0829. The Morgan fingerprint density at radius 1 is 1.10 bits per heavy atom. The number of carbonyl (C=O) groups is 1. The summed E-state index contributed by atoms with van der Waals surface area (Å²) in [6.07, 6.45) is 2.13. The van der Waals surface area contributed by atoms with Gasteiger partial charge in [-0.25, -0.2) is 0 Å². The molecule has 1 saturated heterocycles. The molecule has 0 N–H and O–H groups in total. The Bertz CT molecular complexity index is 625. The lowest BCUT2D eigenvalue weighted by Crippen LogP contribution is -2.51. The quantitative estimate of drug-likeness (QED) is 0.814. The molecule has 3 rings (SSSR count). The molecule has 1 aromatic heterocycles. The number of thiocarbonyl (C=S) groups is 1. The molecule has 0 bridgehead atoms. The van der Waals surface area contributed by atoms with Gasteiger partial charge in [-0.2, -0.15) is 0 Å². The summed E-state index contributed by atoms with van der Waals surface area (Å²) in [6.45, 7) is 1.77. The average molecular weight is 300 g/mol. The van der Waals surface area contributed by atoms with Crippen LogP contribution < -0.4 is 0 Å². The SMILES string of the molecule is O=C1CCN(Cc2ccco2)C(=S)N1Cc1ccccc1. The van der Waals surface area contributed by atoms with Crippen LogP contribution in [-0.2, 0) is 17.9 Å². The van der Waals surface area contributed by atoms with E-state index in [2.05, 4.69) is 0 Å². The van der Waals surface area contributed by atoms with E-state index in [1.54, 1.807) is 11.2 Å². The second kappa shape index (κ2) is 6.10. The number of rotatable bonds is 4. The highest BCUT2D eigenvalue weighted by molar-refractivity contribution is 7.80. The number of amides is 1. The Hall–Kier alpha value is -2.14. The zero-order valence-corrected chi connectivity index (χ0v) is 12.4. The molecule has 1 fully saturated rings. The average Bonchev–Trinajstić information content (AvgIpc) is 3.01. The molecular weight excluding hydrogens is 284 g/mol. The molecule has 0 spiro atoms. The summed E-state index contributed by atoms with van der Waals surface area (Å²) in [4.78, 5) is 15.8. The van der Waals surface area contributed by atoms with Crippen LogP contribution in [0.15, 0.2) is 53.1 Å². The van der Waals surface area contributed by atoms with Gasteiger partial charge in [0.05, 0.1) is 19.4 Å². The van der Waals surface area contributed by atoms with Crippen molar-refractivity contribution < 1.29 is 9.21 Å². The lowest BCUT2D eigenvalue weighted by molar-refractivity contribution is -0.129. The van der Waals surface area contributed by atoms with Gasteiger partial charge >= 0.3 is 0 Å². The molecule has 0 saturated carbocycles. The molecule has 108 valence electrons. The first-order valence-electron chi connectivity index (χ1n) is 6.89. The van der Waals surface area contributed by atoms with Gasteiger partial charge in [0, 0.05) is 13.0 Å². The van der Waals surface area contributed by atoms with Crippen molar-refractivity contribution in [1.29, 1.82) is 0 Å². The standard InChI is InChI=1S/C16H16N2O2S/c19-15-8-9-17(12-14-7-4-10-20-14)16(21)18(15)11-13-5-2-1-3-6-13/h1-7,10H,8-9,11-12H2. The van der Waals surface area contributed by atoms with Gasteiger partial charge in [0.25, 0.3) is 0 Å². The van der Waals surface area contributed by atoms with Gasteiger partial charge in [0.1, 0.15) is 5.76 Å². The van der Waals surface area contributed by atoms with Crippen LogP contribution in [0.1, 0.15) is 17.7 Å². The normalized spacial score (nSPS) is 15.6. The van der Waals surface area contributed by atoms with Crippen LogP contribution in [0.5, 0.6) is 0 Å². The number of nitrogens with zero attached hydrogens (tertiary/aromatic N) is 2. The van der Waals surface area contributed by atoms with Crippen LogP contribution in [0.4, 0.5) is 0 Å². The molecule has 1 aromatic carbocycles. The van der Waals surface area contributed by atoms with Crippen molar-refractivity contribution >= 4 is 23.2 Å². The monoisotopic (exact) mass is 300 g/mol. The van der Waals surface area contributed by atoms with Crippen molar-refractivity contribution in [3.63, 3.8) is 0 Å². The summed E-state index contributed by atoms with van der Waals surface area (Å²) in [5, 5.41) is 0.575. The summed E-state index contributed by atoms with van der Waals surface area (Å²) in [6, 6.07) is 13.7. The fourth-order valence-corrected chi connectivity index (χ4v) is 2.72. The van der Waals surface area contributed by atoms with E-state index < -0.39 is 0 Å². The highest BCUT2D eigenvalue weighted by Gasteiger charge is 2.29. The summed E-state index contributed by atoms with van der Waals surface area (Å²) in [5.41, 5.74) is 1.08. The third-order valence-electron chi connectivity index (χ3n) is 3.51.